The van der Waals surface area contributed by atoms with E-state index in [-0.39, 0.29) is 39.4 Å². The molecule has 0 unspecified atom stereocenters. The summed E-state index contributed by atoms with van der Waals surface area (Å²) in [5, 5.41) is 110. The smallest absolute Gasteiger partial charge is 0.187 e. The van der Waals surface area contributed by atoms with Crippen LogP contribution in [-0.2, 0) is 33.2 Å². The van der Waals surface area contributed by atoms with Crippen LogP contribution >= 0.6 is 0 Å². The summed E-state index contributed by atoms with van der Waals surface area (Å²) >= 11 is 0. The van der Waals surface area contributed by atoms with Gasteiger partial charge in [-0.15, -0.1) is 0 Å². The molecule has 4 saturated heterocycles. The van der Waals surface area contributed by atoms with E-state index in [0.29, 0.717) is 25.9 Å². The molecule has 0 amide bonds. The average Bonchev–Trinajstić information content (AvgIpc) is 3.50. The minimum Gasteiger partial charge on any atom is -0.394 e. The van der Waals surface area contributed by atoms with Crippen LogP contribution in [0.5, 0.6) is 0 Å². The predicted octanol–water partition coefficient (Wildman–Crippen LogP) is 0.627. The Kier molecular flexibility index (Phi) is 12.3. The molecule has 9 aliphatic rings. The standard InChI is InChI=1S/C48H78O17/c1-21-30(52)33(55)36(58)39(60-21)64-38-35(57)32(54)23(19-49)62-41(38)65-37-34(56)31(53)22(2)61-40(37)63-29-12-13-44(7)24(43(29,5)6)10-14-45(8)25(44)11-15-48-26-16-42(3,4)27(50)18-47(26,20-59-48)28(51)17-46(45,48)9/h11,15,21-41,49-58H,10,12-14,16-20H2,1-9H3/t21-,22+,23+,24-,25+,26+,27+,28+,29-,30-,31-,32+,33+,34-,35-,36+,37+,38+,39-,40-,41-,44-,45+,46-,47+,48-/m0/s1. The van der Waals surface area contributed by atoms with E-state index in [4.69, 9.17) is 33.2 Å². The first-order valence-corrected chi connectivity index (χ1v) is 24.2. The van der Waals surface area contributed by atoms with E-state index in [2.05, 4.69) is 60.6 Å². The third-order valence-electron chi connectivity index (χ3n) is 20.0. The second kappa shape index (κ2) is 16.3. The number of hydrogen-bond acceptors (Lipinski definition) is 17. The molecule has 0 radical (unpaired) electrons. The summed E-state index contributed by atoms with van der Waals surface area (Å²) < 4.78 is 44.2. The van der Waals surface area contributed by atoms with Gasteiger partial charge in [0.1, 0.15) is 61.0 Å². The third kappa shape index (κ3) is 6.87. The highest BCUT2D eigenvalue weighted by Crippen LogP contribution is 2.79. The van der Waals surface area contributed by atoms with Crippen LogP contribution in [0, 0.1) is 50.2 Å². The van der Waals surface area contributed by atoms with Crippen LogP contribution in [0.1, 0.15) is 107 Å². The SMILES string of the molecule is C[C@@H]1O[C@@H](O[C@H]2[C@H](O[C@H]3[C@H](O[C@H]4CC[C@]5(C)[C@H]6C=C[C@]78OC[C@@]9(C[C@@H](O)C(C)(C)C[C@H]97)[C@H](O)C[C@@]8(C)[C@]6(C)CC[C@H]5C4(C)C)O[C@H](C)[C@H](O)[C@@H]3O)O[C@H](CO)[C@@H](O)[C@@H]2O)[C@H](O)[C@H](O)[C@H]1O. The van der Waals surface area contributed by atoms with Gasteiger partial charge >= 0.3 is 0 Å². The van der Waals surface area contributed by atoms with Gasteiger partial charge in [-0.3, -0.25) is 0 Å². The van der Waals surface area contributed by atoms with E-state index in [1.807, 2.05) is 0 Å². The first-order chi connectivity index (χ1) is 30.2. The van der Waals surface area contributed by atoms with Crippen LogP contribution in [-0.4, -0.2) is 180 Å². The van der Waals surface area contributed by atoms with Crippen molar-refractivity contribution < 1.29 is 84.2 Å². The fraction of sp³-hybridized carbons (Fsp3) is 0.958. The molecule has 4 heterocycles. The van der Waals surface area contributed by atoms with Gasteiger partial charge in [0.2, 0.25) is 0 Å². The lowest BCUT2D eigenvalue weighted by Crippen LogP contribution is -2.73. The van der Waals surface area contributed by atoms with E-state index in [1.54, 1.807) is 6.92 Å². The minimum absolute atomic E-state index is 0.0747. The van der Waals surface area contributed by atoms with E-state index in [9.17, 15) is 51.1 Å². The Bertz CT molecular complexity index is 1800. The Labute approximate surface area is 382 Å². The Morgan fingerprint density at radius 1 is 0.600 bits per heavy atom. The number of aliphatic hydroxyl groups is 10. The van der Waals surface area contributed by atoms with Crippen molar-refractivity contribution in [1.82, 2.24) is 0 Å². The molecule has 65 heavy (non-hydrogen) atoms. The number of allylic oxidation sites excluding steroid dienone is 1. The first-order valence-electron chi connectivity index (χ1n) is 24.2. The number of hydrogen-bond donors (Lipinski definition) is 10. The highest BCUT2D eigenvalue weighted by molar-refractivity contribution is 5.36. The summed E-state index contributed by atoms with van der Waals surface area (Å²) in [6.45, 7) is 18.6. The molecule has 2 bridgehead atoms. The summed E-state index contributed by atoms with van der Waals surface area (Å²) in [5.74, 6) is 0.381. The van der Waals surface area contributed by atoms with Gasteiger partial charge in [0.05, 0.1) is 49.3 Å². The minimum atomic E-state index is -1.80. The molecule has 4 saturated carbocycles. The largest absolute Gasteiger partial charge is 0.394 e. The lowest BCUT2D eigenvalue weighted by atomic mass is 9.32. The highest BCUT2D eigenvalue weighted by atomic mass is 16.8. The molecule has 5 aliphatic carbocycles. The topological polar surface area (TPSA) is 267 Å². The fourth-order valence-electron chi connectivity index (χ4n) is 15.7. The van der Waals surface area contributed by atoms with Crippen LogP contribution in [0.2, 0.25) is 0 Å². The number of rotatable bonds is 7. The average molecular weight is 927 g/mol. The van der Waals surface area contributed by atoms with Gasteiger partial charge in [-0.05, 0) is 92.3 Å². The maximum atomic E-state index is 12.2. The first kappa shape index (κ1) is 49.1. The van der Waals surface area contributed by atoms with Crippen molar-refractivity contribution in [3.63, 3.8) is 0 Å². The molecule has 9 rings (SSSR count). The Morgan fingerprint density at radius 2 is 1.20 bits per heavy atom. The van der Waals surface area contributed by atoms with Gasteiger partial charge in [-0.2, -0.15) is 0 Å². The van der Waals surface area contributed by atoms with Gasteiger partial charge in [0.25, 0.3) is 0 Å². The molecule has 1 spiro atoms. The number of aliphatic hydroxyl groups excluding tert-OH is 10. The van der Waals surface area contributed by atoms with Crippen LogP contribution < -0.4 is 0 Å². The summed E-state index contributed by atoms with van der Waals surface area (Å²) in [4.78, 5) is 0. The Balaban J connectivity index is 0.977. The van der Waals surface area contributed by atoms with E-state index in [0.717, 1.165) is 25.7 Å². The molecule has 4 aliphatic heterocycles. The quantitative estimate of drug-likeness (QED) is 0.124. The molecular weight excluding hydrogens is 849 g/mol. The van der Waals surface area contributed by atoms with Crippen molar-refractivity contribution in [3.8, 4) is 0 Å². The van der Waals surface area contributed by atoms with Crippen molar-refractivity contribution in [3.05, 3.63) is 12.2 Å². The second-order valence-corrected chi connectivity index (χ2v) is 23.9. The maximum Gasteiger partial charge on any atom is 0.187 e. The third-order valence-corrected chi connectivity index (χ3v) is 20.0. The highest BCUT2D eigenvalue weighted by Gasteiger charge is 2.79. The normalized spacial score (nSPS) is 59.2. The number of fused-ring (bicyclic) bond motifs is 4. The molecule has 372 valence electrons. The Hall–Kier alpha value is -0.940. The van der Waals surface area contributed by atoms with Crippen LogP contribution in [0.15, 0.2) is 12.2 Å². The fourth-order valence-corrected chi connectivity index (χ4v) is 15.7. The molecule has 17 nitrogen and oxygen atoms in total. The molecule has 0 aromatic carbocycles. The molecular formula is C48H78O17. The van der Waals surface area contributed by atoms with Crippen LogP contribution in [0.25, 0.3) is 0 Å². The molecule has 26 atom stereocenters. The second-order valence-electron chi connectivity index (χ2n) is 23.9. The molecule has 10 N–H and O–H groups in total. The lowest BCUT2D eigenvalue weighted by molar-refractivity contribution is -0.396. The zero-order valence-electron chi connectivity index (χ0n) is 39.5. The van der Waals surface area contributed by atoms with Crippen molar-refractivity contribution >= 4 is 0 Å². The molecule has 0 aromatic heterocycles. The van der Waals surface area contributed by atoms with Gasteiger partial charge < -0.3 is 84.2 Å². The van der Waals surface area contributed by atoms with Crippen LogP contribution in [0.3, 0.4) is 0 Å². The molecule has 8 fully saturated rings. The van der Waals surface area contributed by atoms with Crippen molar-refractivity contribution in [2.24, 2.45) is 50.2 Å². The van der Waals surface area contributed by atoms with Gasteiger partial charge in [0, 0.05) is 16.7 Å². The number of ether oxygens (including phenoxy) is 7. The lowest BCUT2D eigenvalue weighted by Gasteiger charge is -2.73. The summed E-state index contributed by atoms with van der Waals surface area (Å²) in [6, 6.07) is 0. The summed E-state index contributed by atoms with van der Waals surface area (Å²) in [6.07, 6.45) is -14.0. The molecule has 0 aromatic rings. The van der Waals surface area contributed by atoms with Crippen molar-refractivity contribution in [2.75, 3.05) is 13.2 Å². The zero-order chi connectivity index (χ0) is 47.4. The van der Waals surface area contributed by atoms with Crippen LogP contribution in [0.4, 0.5) is 0 Å². The van der Waals surface area contributed by atoms with E-state index < -0.39 is 133 Å². The van der Waals surface area contributed by atoms with E-state index >= 15 is 0 Å². The van der Waals surface area contributed by atoms with Crippen molar-refractivity contribution in [2.45, 2.75) is 223 Å². The van der Waals surface area contributed by atoms with Gasteiger partial charge in [0.15, 0.2) is 18.9 Å². The van der Waals surface area contributed by atoms with Gasteiger partial charge in [-0.25, -0.2) is 0 Å². The summed E-state index contributed by atoms with van der Waals surface area (Å²) in [5.41, 5.74) is -2.62. The van der Waals surface area contributed by atoms with E-state index in [1.165, 1.54) is 6.92 Å². The molecule has 17 heteroatoms. The van der Waals surface area contributed by atoms with Crippen molar-refractivity contribution in [1.29, 1.82) is 0 Å². The zero-order valence-corrected chi connectivity index (χ0v) is 39.5. The Morgan fingerprint density at radius 3 is 1.86 bits per heavy atom. The predicted molar refractivity (Wildman–Crippen MR) is 228 cm³/mol. The summed E-state index contributed by atoms with van der Waals surface area (Å²) in [7, 11) is 0. The maximum absolute atomic E-state index is 12.2. The monoisotopic (exact) mass is 927 g/mol. The van der Waals surface area contributed by atoms with Gasteiger partial charge in [-0.1, -0.05) is 60.6 Å².